The highest BCUT2D eigenvalue weighted by Gasteiger charge is 2.16. The van der Waals surface area contributed by atoms with Gasteiger partial charge in [-0.1, -0.05) is 6.07 Å². The summed E-state index contributed by atoms with van der Waals surface area (Å²) in [5.41, 5.74) is 1.47. The molecular weight excluding hydrogens is 396 g/mol. The molecule has 0 atom stereocenters. The maximum atomic E-state index is 12.2. The first-order valence-electron chi connectivity index (χ1n) is 5.28. The maximum absolute atomic E-state index is 12.2. The Morgan fingerprint density at radius 2 is 1.89 bits per heavy atom. The molecule has 0 bridgehead atoms. The van der Waals surface area contributed by atoms with Crippen molar-refractivity contribution in [3.63, 3.8) is 0 Å². The molecule has 100 valence electrons. The molecule has 4 nitrogen and oxygen atoms in total. The van der Waals surface area contributed by atoms with Crippen molar-refractivity contribution in [3.8, 4) is 0 Å². The van der Waals surface area contributed by atoms with E-state index in [0.29, 0.717) is 14.6 Å². The second kappa shape index (κ2) is 5.60. The van der Waals surface area contributed by atoms with Crippen LogP contribution in [0.15, 0.2) is 50.5 Å². The number of benzene rings is 1. The van der Waals surface area contributed by atoms with Crippen molar-refractivity contribution in [1.82, 2.24) is 4.98 Å². The molecule has 0 spiro atoms. The lowest BCUT2D eigenvalue weighted by atomic mass is 10.2. The molecule has 1 aromatic heterocycles. The molecule has 0 amide bonds. The van der Waals surface area contributed by atoms with Gasteiger partial charge in [0.15, 0.2) is 0 Å². The van der Waals surface area contributed by atoms with Crippen LogP contribution in [0.1, 0.15) is 5.56 Å². The zero-order valence-electron chi connectivity index (χ0n) is 9.89. The standard InChI is InChI=1S/C12H10Br2N2O2S/c1-8-2-3-11(14)12(4-8)16-19(17,18)10-5-9(13)6-15-7-10/h2-7,16H,1H3. The highest BCUT2D eigenvalue weighted by Crippen LogP contribution is 2.26. The van der Waals surface area contributed by atoms with E-state index < -0.39 is 10.0 Å². The Bertz CT molecular complexity index is 717. The molecule has 2 aromatic rings. The van der Waals surface area contributed by atoms with E-state index in [-0.39, 0.29) is 4.90 Å². The zero-order valence-corrected chi connectivity index (χ0v) is 13.9. The quantitative estimate of drug-likeness (QED) is 0.846. The Hall–Kier alpha value is -0.920. The first-order valence-corrected chi connectivity index (χ1v) is 8.35. The normalized spacial score (nSPS) is 11.3. The Balaban J connectivity index is 2.39. The van der Waals surface area contributed by atoms with Gasteiger partial charge in [-0.25, -0.2) is 8.42 Å². The number of anilines is 1. The first kappa shape index (κ1) is 14.5. The lowest BCUT2D eigenvalue weighted by Gasteiger charge is -2.10. The van der Waals surface area contributed by atoms with Crippen LogP contribution in [-0.2, 0) is 10.0 Å². The van der Waals surface area contributed by atoms with Gasteiger partial charge in [0.05, 0.1) is 5.69 Å². The average molecular weight is 406 g/mol. The van der Waals surface area contributed by atoms with Gasteiger partial charge in [0.1, 0.15) is 4.90 Å². The van der Waals surface area contributed by atoms with Crippen LogP contribution in [0.25, 0.3) is 0 Å². The molecule has 19 heavy (non-hydrogen) atoms. The minimum atomic E-state index is -3.65. The van der Waals surface area contributed by atoms with Crippen LogP contribution < -0.4 is 4.72 Å². The van der Waals surface area contributed by atoms with Crippen LogP contribution in [0, 0.1) is 6.92 Å². The zero-order chi connectivity index (χ0) is 14.0. The molecule has 1 heterocycles. The third-order valence-electron chi connectivity index (χ3n) is 2.36. The van der Waals surface area contributed by atoms with Gasteiger partial charge in [-0.3, -0.25) is 9.71 Å². The predicted molar refractivity (Wildman–Crippen MR) is 81.6 cm³/mol. The number of nitrogens with zero attached hydrogens (tertiary/aromatic N) is 1. The van der Waals surface area contributed by atoms with Crippen LogP contribution >= 0.6 is 31.9 Å². The summed E-state index contributed by atoms with van der Waals surface area (Å²) in [5, 5.41) is 0. The number of hydrogen-bond donors (Lipinski definition) is 1. The molecule has 0 radical (unpaired) electrons. The molecule has 7 heteroatoms. The number of hydrogen-bond acceptors (Lipinski definition) is 3. The number of rotatable bonds is 3. The molecule has 0 unspecified atom stereocenters. The third-order valence-corrected chi connectivity index (χ3v) is 4.81. The fraction of sp³-hybridized carbons (Fsp3) is 0.0833. The van der Waals surface area contributed by atoms with Crippen molar-refractivity contribution in [3.05, 3.63) is 51.2 Å². The van der Waals surface area contributed by atoms with Crippen molar-refractivity contribution in [2.24, 2.45) is 0 Å². The van der Waals surface area contributed by atoms with Gasteiger partial charge in [-0.2, -0.15) is 0 Å². The van der Waals surface area contributed by atoms with Crippen molar-refractivity contribution in [2.45, 2.75) is 11.8 Å². The van der Waals surface area contributed by atoms with Gasteiger partial charge in [-0.15, -0.1) is 0 Å². The number of aryl methyl sites for hydroxylation is 1. The molecule has 0 aliphatic rings. The van der Waals surface area contributed by atoms with Gasteiger partial charge >= 0.3 is 0 Å². The molecule has 1 aromatic carbocycles. The Labute approximate surface area is 128 Å². The van der Waals surface area contributed by atoms with Gasteiger partial charge < -0.3 is 0 Å². The van der Waals surface area contributed by atoms with Crippen molar-refractivity contribution >= 4 is 47.6 Å². The maximum Gasteiger partial charge on any atom is 0.263 e. The molecular formula is C12H10Br2N2O2S. The predicted octanol–water partition coefficient (Wildman–Crippen LogP) is 3.72. The van der Waals surface area contributed by atoms with E-state index in [0.717, 1.165) is 5.56 Å². The Morgan fingerprint density at radius 1 is 1.16 bits per heavy atom. The van der Waals surface area contributed by atoms with E-state index >= 15 is 0 Å². The minimum Gasteiger partial charge on any atom is -0.278 e. The number of halogens is 2. The number of nitrogens with one attached hydrogen (secondary N) is 1. The Kier molecular flexibility index (Phi) is 4.27. The second-order valence-electron chi connectivity index (χ2n) is 3.93. The molecule has 0 saturated carbocycles. The van der Waals surface area contributed by atoms with E-state index in [2.05, 4.69) is 41.6 Å². The van der Waals surface area contributed by atoms with Gasteiger partial charge in [0.25, 0.3) is 10.0 Å². The van der Waals surface area contributed by atoms with E-state index in [1.807, 2.05) is 13.0 Å². The first-order chi connectivity index (χ1) is 8.88. The van der Waals surface area contributed by atoms with Crippen molar-refractivity contribution in [2.75, 3.05) is 4.72 Å². The lowest BCUT2D eigenvalue weighted by Crippen LogP contribution is -2.13. The van der Waals surface area contributed by atoms with Crippen LogP contribution in [0.4, 0.5) is 5.69 Å². The smallest absolute Gasteiger partial charge is 0.263 e. The minimum absolute atomic E-state index is 0.107. The summed E-state index contributed by atoms with van der Waals surface area (Å²) in [6, 6.07) is 6.95. The van der Waals surface area contributed by atoms with Gasteiger partial charge in [0, 0.05) is 21.3 Å². The molecule has 0 aliphatic carbocycles. The van der Waals surface area contributed by atoms with E-state index in [1.165, 1.54) is 18.5 Å². The number of sulfonamides is 1. The molecule has 2 rings (SSSR count). The van der Waals surface area contributed by atoms with Gasteiger partial charge in [-0.05, 0) is 62.5 Å². The highest BCUT2D eigenvalue weighted by atomic mass is 79.9. The topological polar surface area (TPSA) is 59.1 Å². The summed E-state index contributed by atoms with van der Waals surface area (Å²) < 4.78 is 28.3. The fourth-order valence-electron chi connectivity index (χ4n) is 1.46. The van der Waals surface area contributed by atoms with E-state index in [4.69, 9.17) is 0 Å². The largest absolute Gasteiger partial charge is 0.278 e. The summed E-state index contributed by atoms with van der Waals surface area (Å²) in [5.74, 6) is 0. The van der Waals surface area contributed by atoms with Crippen molar-refractivity contribution in [1.29, 1.82) is 0 Å². The average Bonchev–Trinajstić information content (AvgIpc) is 2.33. The van der Waals surface area contributed by atoms with Crippen molar-refractivity contribution < 1.29 is 8.42 Å². The SMILES string of the molecule is Cc1ccc(Br)c(NS(=O)(=O)c2cncc(Br)c2)c1. The Morgan fingerprint density at radius 3 is 2.58 bits per heavy atom. The number of aromatic nitrogens is 1. The molecule has 0 saturated heterocycles. The summed E-state index contributed by atoms with van der Waals surface area (Å²) in [4.78, 5) is 3.96. The third kappa shape index (κ3) is 3.55. The monoisotopic (exact) mass is 404 g/mol. The summed E-state index contributed by atoms with van der Waals surface area (Å²) in [7, 11) is -3.65. The van der Waals surface area contributed by atoms with Gasteiger partial charge in [0.2, 0.25) is 0 Å². The molecule has 1 N–H and O–H groups in total. The number of pyridine rings is 1. The van der Waals surface area contributed by atoms with Crippen LogP contribution in [0.3, 0.4) is 0 Å². The van der Waals surface area contributed by atoms with Crippen LogP contribution in [0.5, 0.6) is 0 Å². The highest BCUT2D eigenvalue weighted by molar-refractivity contribution is 9.10. The summed E-state index contributed by atoms with van der Waals surface area (Å²) in [6.45, 7) is 1.89. The summed E-state index contributed by atoms with van der Waals surface area (Å²) in [6.07, 6.45) is 2.83. The second-order valence-corrected chi connectivity index (χ2v) is 7.38. The van der Waals surface area contributed by atoms with Crippen LogP contribution in [0.2, 0.25) is 0 Å². The lowest BCUT2D eigenvalue weighted by molar-refractivity contribution is 0.600. The molecule has 0 aliphatic heterocycles. The van der Waals surface area contributed by atoms with E-state index in [1.54, 1.807) is 12.1 Å². The van der Waals surface area contributed by atoms with Crippen LogP contribution in [-0.4, -0.2) is 13.4 Å². The van der Waals surface area contributed by atoms with E-state index in [9.17, 15) is 8.42 Å². The fourth-order valence-corrected chi connectivity index (χ4v) is 3.51. The molecule has 0 fully saturated rings. The summed E-state index contributed by atoms with van der Waals surface area (Å²) >= 11 is 6.52.